The van der Waals surface area contributed by atoms with Crippen molar-refractivity contribution < 1.29 is 14.3 Å². The van der Waals surface area contributed by atoms with Gasteiger partial charge in [-0.1, -0.05) is 11.2 Å². The molecule has 24 heavy (non-hydrogen) atoms. The SMILES string of the molecule is COc1ccc([C@H]2CC(=O)N[C@H]2CN=[N+]=[N-])cc1OC1CCCC1. The van der Waals surface area contributed by atoms with Crippen molar-refractivity contribution >= 4 is 5.91 Å². The lowest BCUT2D eigenvalue weighted by Crippen LogP contribution is -2.30. The fourth-order valence-corrected chi connectivity index (χ4v) is 3.56. The van der Waals surface area contributed by atoms with Crippen LogP contribution in [0.5, 0.6) is 11.5 Å². The van der Waals surface area contributed by atoms with Crippen molar-refractivity contribution in [3.8, 4) is 11.5 Å². The highest BCUT2D eigenvalue weighted by Gasteiger charge is 2.33. The van der Waals surface area contributed by atoms with Crippen molar-refractivity contribution in [1.29, 1.82) is 0 Å². The molecule has 1 saturated heterocycles. The minimum atomic E-state index is -0.180. The summed E-state index contributed by atoms with van der Waals surface area (Å²) in [6.07, 6.45) is 5.15. The zero-order chi connectivity index (χ0) is 16.9. The summed E-state index contributed by atoms with van der Waals surface area (Å²) in [6.45, 7) is 0.248. The number of hydrogen-bond acceptors (Lipinski definition) is 4. The molecule has 0 aromatic heterocycles. The molecule has 1 N–H and O–H groups in total. The smallest absolute Gasteiger partial charge is 0.220 e. The van der Waals surface area contributed by atoms with Crippen LogP contribution in [0.1, 0.15) is 43.6 Å². The highest BCUT2D eigenvalue weighted by atomic mass is 16.5. The normalized spacial score (nSPS) is 23.6. The second-order valence-electron chi connectivity index (χ2n) is 6.33. The Kier molecular flexibility index (Phi) is 5.11. The molecule has 2 fully saturated rings. The number of hydrogen-bond donors (Lipinski definition) is 1. The molecule has 1 amide bonds. The highest BCUT2D eigenvalue weighted by molar-refractivity contribution is 5.80. The molecule has 7 nitrogen and oxygen atoms in total. The van der Waals surface area contributed by atoms with Gasteiger partial charge >= 0.3 is 0 Å². The summed E-state index contributed by atoms with van der Waals surface area (Å²) in [5, 5.41) is 6.50. The zero-order valence-electron chi connectivity index (χ0n) is 13.8. The van der Waals surface area contributed by atoms with E-state index in [4.69, 9.17) is 15.0 Å². The summed E-state index contributed by atoms with van der Waals surface area (Å²) in [5.74, 6) is 1.38. The van der Waals surface area contributed by atoms with Crippen LogP contribution in [0.15, 0.2) is 23.3 Å². The minimum absolute atomic E-state index is 0.0211. The first-order valence-electron chi connectivity index (χ1n) is 8.36. The van der Waals surface area contributed by atoms with Crippen molar-refractivity contribution in [2.75, 3.05) is 13.7 Å². The predicted octanol–water partition coefficient (Wildman–Crippen LogP) is 3.30. The molecule has 7 heteroatoms. The van der Waals surface area contributed by atoms with Gasteiger partial charge in [0.15, 0.2) is 11.5 Å². The molecule has 1 aromatic carbocycles. The Balaban J connectivity index is 1.83. The summed E-state index contributed by atoms with van der Waals surface area (Å²) in [6, 6.07) is 5.62. The number of azide groups is 1. The van der Waals surface area contributed by atoms with E-state index in [0.717, 1.165) is 24.2 Å². The van der Waals surface area contributed by atoms with E-state index >= 15 is 0 Å². The zero-order valence-corrected chi connectivity index (χ0v) is 13.8. The van der Waals surface area contributed by atoms with Gasteiger partial charge in [-0.05, 0) is 48.9 Å². The van der Waals surface area contributed by atoms with Crippen LogP contribution in [0.3, 0.4) is 0 Å². The Hall–Kier alpha value is -2.40. The molecule has 2 atom stereocenters. The Morgan fingerprint density at radius 3 is 2.83 bits per heavy atom. The van der Waals surface area contributed by atoms with E-state index in [9.17, 15) is 4.79 Å². The van der Waals surface area contributed by atoms with Crippen LogP contribution >= 0.6 is 0 Å². The maximum Gasteiger partial charge on any atom is 0.220 e. The van der Waals surface area contributed by atoms with Crippen LogP contribution in [-0.4, -0.2) is 31.7 Å². The van der Waals surface area contributed by atoms with E-state index in [1.165, 1.54) is 12.8 Å². The molecular weight excluding hydrogens is 308 g/mol. The van der Waals surface area contributed by atoms with E-state index < -0.39 is 0 Å². The first-order valence-corrected chi connectivity index (χ1v) is 8.36. The van der Waals surface area contributed by atoms with Gasteiger partial charge in [-0.25, -0.2) is 0 Å². The van der Waals surface area contributed by atoms with Crippen molar-refractivity contribution in [3.63, 3.8) is 0 Å². The lowest BCUT2D eigenvalue weighted by Gasteiger charge is -2.21. The number of benzene rings is 1. The maximum atomic E-state index is 11.8. The molecule has 0 radical (unpaired) electrons. The van der Waals surface area contributed by atoms with Crippen LogP contribution in [0, 0.1) is 0 Å². The van der Waals surface area contributed by atoms with E-state index in [2.05, 4.69) is 15.3 Å². The number of nitrogens with one attached hydrogen (secondary N) is 1. The van der Waals surface area contributed by atoms with Crippen LogP contribution in [0.25, 0.3) is 10.4 Å². The van der Waals surface area contributed by atoms with Gasteiger partial charge < -0.3 is 14.8 Å². The average Bonchev–Trinajstić information content (AvgIpc) is 3.22. The van der Waals surface area contributed by atoms with Gasteiger partial charge in [-0.15, -0.1) is 0 Å². The third-order valence-corrected chi connectivity index (χ3v) is 4.79. The monoisotopic (exact) mass is 330 g/mol. The molecule has 3 rings (SSSR count). The average molecular weight is 330 g/mol. The highest BCUT2D eigenvalue weighted by Crippen LogP contribution is 2.37. The summed E-state index contributed by atoms with van der Waals surface area (Å²) >= 11 is 0. The van der Waals surface area contributed by atoms with Gasteiger partial charge in [0.2, 0.25) is 5.91 Å². The Morgan fingerprint density at radius 2 is 2.12 bits per heavy atom. The number of carbonyl (C=O) groups excluding carboxylic acids is 1. The summed E-state index contributed by atoms with van der Waals surface area (Å²) in [5.41, 5.74) is 9.53. The van der Waals surface area contributed by atoms with Crippen molar-refractivity contribution in [1.82, 2.24) is 5.32 Å². The second kappa shape index (κ2) is 7.45. The van der Waals surface area contributed by atoms with Crippen LogP contribution in [0.2, 0.25) is 0 Å². The van der Waals surface area contributed by atoms with Crippen LogP contribution < -0.4 is 14.8 Å². The van der Waals surface area contributed by atoms with Gasteiger partial charge in [0, 0.05) is 29.8 Å². The largest absolute Gasteiger partial charge is 0.493 e. The van der Waals surface area contributed by atoms with Gasteiger partial charge in [-0.3, -0.25) is 4.79 Å². The van der Waals surface area contributed by atoms with Gasteiger partial charge in [-0.2, -0.15) is 0 Å². The van der Waals surface area contributed by atoms with Gasteiger partial charge in [0.05, 0.1) is 13.2 Å². The standard InChI is InChI=1S/C17H22N4O3/c1-23-15-7-6-11(8-16(15)24-12-4-2-3-5-12)13-9-17(22)20-14(13)10-19-21-18/h6-8,12-14H,2-5,9-10H2,1H3,(H,20,22)/t13-,14+/m1/s1. The third-order valence-electron chi connectivity index (χ3n) is 4.79. The van der Waals surface area contributed by atoms with Crippen molar-refractivity contribution in [2.24, 2.45) is 5.11 Å². The van der Waals surface area contributed by atoms with Crippen LogP contribution in [0.4, 0.5) is 0 Å². The maximum absolute atomic E-state index is 11.8. The lowest BCUT2D eigenvalue weighted by molar-refractivity contribution is -0.119. The van der Waals surface area contributed by atoms with E-state index in [1.807, 2.05) is 18.2 Å². The predicted molar refractivity (Wildman–Crippen MR) is 89.2 cm³/mol. The topological polar surface area (TPSA) is 96.3 Å². The Labute approximate surface area is 141 Å². The number of rotatable bonds is 6. The molecule has 2 aliphatic rings. The molecular formula is C17H22N4O3. The number of ether oxygens (including phenoxy) is 2. The van der Waals surface area contributed by atoms with E-state index in [1.54, 1.807) is 7.11 Å². The number of carbonyl (C=O) groups is 1. The molecule has 1 aliphatic heterocycles. The Morgan fingerprint density at radius 1 is 1.33 bits per heavy atom. The van der Waals surface area contributed by atoms with Gasteiger partial charge in [0.1, 0.15) is 0 Å². The van der Waals surface area contributed by atoms with E-state index in [0.29, 0.717) is 12.2 Å². The van der Waals surface area contributed by atoms with Crippen molar-refractivity contribution in [2.45, 2.75) is 50.2 Å². The van der Waals surface area contributed by atoms with Gasteiger partial charge in [0.25, 0.3) is 0 Å². The molecule has 0 unspecified atom stereocenters. The molecule has 1 aliphatic carbocycles. The molecule has 1 aromatic rings. The first-order chi connectivity index (χ1) is 11.7. The molecule has 0 bridgehead atoms. The fourth-order valence-electron chi connectivity index (χ4n) is 3.56. The summed E-state index contributed by atoms with van der Waals surface area (Å²) in [7, 11) is 1.63. The minimum Gasteiger partial charge on any atom is -0.493 e. The number of methoxy groups -OCH3 is 1. The van der Waals surface area contributed by atoms with Crippen LogP contribution in [-0.2, 0) is 4.79 Å². The molecule has 0 spiro atoms. The third kappa shape index (κ3) is 3.57. The molecule has 128 valence electrons. The lowest BCUT2D eigenvalue weighted by atomic mass is 9.91. The summed E-state index contributed by atoms with van der Waals surface area (Å²) in [4.78, 5) is 14.6. The molecule has 1 saturated carbocycles. The van der Waals surface area contributed by atoms with E-state index in [-0.39, 0.29) is 30.5 Å². The summed E-state index contributed by atoms with van der Waals surface area (Å²) < 4.78 is 11.5. The number of nitrogens with zero attached hydrogens (tertiary/aromatic N) is 3. The Bertz CT molecular complexity index is 651. The molecule has 1 heterocycles. The number of amides is 1. The first kappa shape index (κ1) is 16.5. The quantitative estimate of drug-likeness (QED) is 0.492. The second-order valence-corrected chi connectivity index (χ2v) is 6.33. The fraction of sp³-hybridized carbons (Fsp3) is 0.588. The van der Waals surface area contributed by atoms with Crippen molar-refractivity contribution in [3.05, 3.63) is 34.2 Å².